The number of carbonyl (C=O) groups excluding carboxylic acids is 1. The zero-order chi connectivity index (χ0) is 21.4. The minimum Gasteiger partial charge on any atom is -0.493 e. The molecule has 158 valence electrons. The Labute approximate surface area is 183 Å². The molecule has 1 fully saturated rings. The molecule has 3 aromatic rings. The number of fused-ring (bicyclic) bond motifs is 1. The molecule has 2 aliphatic rings. The van der Waals surface area contributed by atoms with Crippen LogP contribution in [0, 0.1) is 6.92 Å². The summed E-state index contributed by atoms with van der Waals surface area (Å²) in [6.07, 6.45) is 2.70. The van der Waals surface area contributed by atoms with Crippen LogP contribution < -0.4 is 10.1 Å². The van der Waals surface area contributed by atoms with Crippen LogP contribution in [0.1, 0.15) is 35.1 Å². The first kappa shape index (κ1) is 19.8. The predicted octanol–water partition coefficient (Wildman–Crippen LogP) is 5.41. The van der Waals surface area contributed by atoms with Crippen LogP contribution in [0.3, 0.4) is 0 Å². The van der Waals surface area contributed by atoms with Crippen molar-refractivity contribution in [2.24, 2.45) is 0 Å². The second kappa shape index (κ2) is 7.86. The van der Waals surface area contributed by atoms with Gasteiger partial charge in [-0.3, -0.25) is 4.79 Å². The first-order chi connectivity index (χ1) is 15.1. The van der Waals surface area contributed by atoms with Crippen molar-refractivity contribution in [1.29, 1.82) is 0 Å². The Morgan fingerprint density at radius 2 is 1.87 bits per heavy atom. The monoisotopic (exact) mass is 413 g/mol. The van der Waals surface area contributed by atoms with Gasteiger partial charge in [-0.05, 0) is 71.3 Å². The van der Waals surface area contributed by atoms with E-state index in [2.05, 4.69) is 60.8 Å². The smallest absolute Gasteiger partial charge is 0.235 e. The van der Waals surface area contributed by atoms with Crippen molar-refractivity contribution in [1.82, 2.24) is 0 Å². The van der Waals surface area contributed by atoms with E-state index in [1.54, 1.807) is 7.11 Å². The molecule has 4 heteroatoms. The van der Waals surface area contributed by atoms with Crippen LogP contribution >= 0.6 is 0 Å². The molecule has 0 saturated heterocycles. The van der Waals surface area contributed by atoms with Crippen LogP contribution in [0.4, 0.5) is 5.69 Å². The largest absolute Gasteiger partial charge is 0.493 e. The zero-order valence-electron chi connectivity index (χ0n) is 18.0. The molecule has 5 rings (SSSR count). The first-order valence-electron chi connectivity index (χ1n) is 10.9. The van der Waals surface area contributed by atoms with Crippen molar-refractivity contribution >= 4 is 11.6 Å². The SMILES string of the molecule is COCc1ccc(-c2cc(NC(=O)C3(c4ccc5c(c4)CCO5)CC3)ccc2C)cc1. The molecule has 1 N–H and O–H groups in total. The first-order valence-corrected chi connectivity index (χ1v) is 10.9. The lowest BCUT2D eigenvalue weighted by Crippen LogP contribution is -2.27. The van der Waals surface area contributed by atoms with Gasteiger partial charge in [-0.1, -0.05) is 42.5 Å². The van der Waals surface area contributed by atoms with Crippen LogP contribution in [0.2, 0.25) is 0 Å². The van der Waals surface area contributed by atoms with E-state index >= 15 is 0 Å². The van der Waals surface area contributed by atoms with E-state index in [1.165, 1.54) is 11.1 Å². The summed E-state index contributed by atoms with van der Waals surface area (Å²) in [5.41, 5.74) is 7.32. The molecule has 1 amide bonds. The van der Waals surface area contributed by atoms with Gasteiger partial charge in [0.2, 0.25) is 5.91 Å². The van der Waals surface area contributed by atoms with Crippen molar-refractivity contribution in [3.63, 3.8) is 0 Å². The molecule has 31 heavy (non-hydrogen) atoms. The van der Waals surface area contributed by atoms with Gasteiger partial charge in [-0.25, -0.2) is 0 Å². The second-order valence-electron chi connectivity index (χ2n) is 8.62. The van der Waals surface area contributed by atoms with Gasteiger partial charge in [-0.15, -0.1) is 0 Å². The lowest BCUT2D eigenvalue weighted by atomic mass is 9.92. The van der Waals surface area contributed by atoms with Crippen molar-refractivity contribution in [3.8, 4) is 16.9 Å². The number of carbonyl (C=O) groups is 1. The Bertz CT molecular complexity index is 1130. The number of hydrogen-bond acceptors (Lipinski definition) is 3. The van der Waals surface area contributed by atoms with E-state index in [4.69, 9.17) is 9.47 Å². The zero-order valence-corrected chi connectivity index (χ0v) is 18.0. The van der Waals surface area contributed by atoms with E-state index in [1.807, 2.05) is 12.1 Å². The van der Waals surface area contributed by atoms with E-state index in [-0.39, 0.29) is 5.91 Å². The molecule has 3 aromatic carbocycles. The minimum absolute atomic E-state index is 0.0802. The summed E-state index contributed by atoms with van der Waals surface area (Å²) >= 11 is 0. The number of anilines is 1. The summed E-state index contributed by atoms with van der Waals surface area (Å²) in [6, 6.07) is 20.8. The maximum Gasteiger partial charge on any atom is 0.235 e. The molecule has 0 bridgehead atoms. The van der Waals surface area contributed by atoms with Crippen molar-refractivity contribution < 1.29 is 14.3 Å². The van der Waals surface area contributed by atoms with E-state index in [9.17, 15) is 4.79 Å². The highest BCUT2D eigenvalue weighted by Gasteiger charge is 2.51. The van der Waals surface area contributed by atoms with Gasteiger partial charge in [0.15, 0.2) is 0 Å². The highest BCUT2D eigenvalue weighted by Crippen LogP contribution is 2.50. The third-order valence-electron chi connectivity index (χ3n) is 6.50. The van der Waals surface area contributed by atoms with Crippen LogP contribution in [0.5, 0.6) is 5.75 Å². The molecule has 1 saturated carbocycles. The second-order valence-corrected chi connectivity index (χ2v) is 8.62. The number of amides is 1. The predicted molar refractivity (Wildman–Crippen MR) is 123 cm³/mol. The maximum absolute atomic E-state index is 13.3. The molecule has 0 spiro atoms. The number of ether oxygens (including phenoxy) is 2. The molecule has 0 atom stereocenters. The Morgan fingerprint density at radius 3 is 2.61 bits per heavy atom. The third-order valence-corrected chi connectivity index (χ3v) is 6.50. The molecule has 4 nitrogen and oxygen atoms in total. The Hall–Kier alpha value is -3.11. The number of methoxy groups -OCH3 is 1. The summed E-state index contributed by atoms with van der Waals surface area (Å²) in [5.74, 6) is 1.04. The van der Waals surface area contributed by atoms with E-state index in [0.29, 0.717) is 6.61 Å². The van der Waals surface area contributed by atoms with Crippen molar-refractivity contribution in [2.45, 2.75) is 38.2 Å². The minimum atomic E-state index is -0.412. The average Bonchev–Trinajstić information content (AvgIpc) is 3.47. The average molecular weight is 414 g/mol. The summed E-state index contributed by atoms with van der Waals surface area (Å²) in [5, 5.41) is 3.19. The molecular weight excluding hydrogens is 386 g/mol. The number of hydrogen-bond donors (Lipinski definition) is 1. The van der Waals surface area contributed by atoms with Gasteiger partial charge in [0.25, 0.3) is 0 Å². The number of rotatable bonds is 6. The fourth-order valence-electron chi connectivity index (χ4n) is 4.46. The van der Waals surface area contributed by atoms with Crippen molar-refractivity contribution in [3.05, 3.63) is 82.9 Å². The molecule has 0 radical (unpaired) electrons. The number of benzene rings is 3. The van der Waals surface area contributed by atoms with Gasteiger partial charge in [-0.2, -0.15) is 0 Å². The summed E-state index contributed by atoms with van der Waals surface area (Å²) in [7, 11) is 1.70. The molecular formula is C27H27NO3. The molecule has 0 aromatic heterocycles. The summed E-state index contributed by atoms with van der Waals surface area (Å²) in [6.45, 7) is 3.43. The lowest BCUT2D eigenvalue weighted by Gasteiger charge is -2.18. The van der Waals surface area contributed by atoms with Gasteiger partial charge in [0.1, 0.15) is 5.75 Å². The topological polar surface area (TPSA) is 47.6 Å². The highest BCUT2D eigenvalue weighted by atomic mass is 16.5. The fraction of sp³-hybridized carbons (Fsp3) is 0.296. The summed E-state index contributed by atoms with van der Waals surface area (Å²) in [4.78, 5) is 13.3. The molecule has 1 aliphatic heterocycles. The van der Waals surface area contributed by atoms with Gasteiger partial charge < -0.3 is 14.8 Å². The summed E-state index contributed by atoms with van der Waals surface area (Å²) < 4.78 is 10.8. The van der Waals surface area contributed by atoms with Crippen molar-refractivity contribution in [2.75, 3.05) is 19.0 Å². The van der Waals surface area contributed by atoms with Crippen LogP contribution in [-0.2, 0) is 28.0 Å². The van der Waals surface area contributed by atoms with E-state index < -0.39 is 5.41 Å². The lowest BCUT2D eigenvalue weighted by molar-refractivity contribution is -0.118. The van der Waals surface area contributed by atoms with Gasteiger partial charge in [0.05, 0.1) is 18.6 Å². The van der Waals surface area contributed by atoms with Gasteiger partial charge >= 0.3 is 0 Å². The third kappa shape index (κ3) is 3.72. The van der Waals surface area contributed by atoms with Crippen LogP contribution in [0.15, 0.2) is 60.7 Å². The fourth-order valence-corrected chi connectivity index (χ4v) is 4.46. The number of nitrogens with one attached hydrogen (secondary N) is 1. The van der Waals surface area contributed by atoms with Crippen LogP contribution in [0.25, 0.3) is 11.1 Å². The Morgan fingerprint density at radius 1 is 1.06 bits per heavy atom. The van der Waals surface area contributed by atoms with Crippen LogP contribution in [-0.4, -0.2) is 19.6 Å². The maximum atomic E-state index is 13.3. The molecule has 1 aliphatic carbocycles. The Kier molecular flexibility index (Phi) is 5.03. The molecule has 0 unspecified atom stereocenters. The molecule has 1 heterocycles. The van der Waals surface area contributed by atoms with E-state index in [0.717, 1.165) is 59.6 Å². The highest BCUT2D eigenvalue weighted by molar-refractivity contribution is 6.02. The standard InChI is InChI=1S/C27H27NO3/c1-18-3-9-23(16-24(18)20-6-4-19(5-7-20)17-30-2)28-26(29)27(12-13-27)22-8-10-25-21(15-22)11-14-31-25/h3-10,15-16H,11-14,17H2,1-2H3,(H,28,29). The normalized spacial score (nSPS) is 15.8. The Balaban J connectivity index is 1.38. The quantitative estimate of drug-likeness (QED) is 0.587. The number of aryl methyl sites for hydroxylation is 1. The van der Waals surface area contributed by atoms with Gasteiger partial charge in [0, 0.05) is 19.2 Å².